The minimum atomic E-state index is -0.844. The number of fused-ring (bicyclic) bond motifs is 2. The van der Waals surface area contributed by atoms with Crippen LogP contribution in [-0.4, -0.2) is 39.9 Å². The summed E-state index contributed by atoms with van der Waals surface area (Å²) in [4.78, 5) is 17.4. The molecule has 0 aliphatic heterocycles. The molecule has 0 radical (unpaired) electrons. The van der Waals surface area contributed by atoms with Crippen LogP contribution in [0.25, 0.3) is 21.8 Å². The zero-order valence-electron chi connectivity index (χ0n) is 12.7. The van der Waals surface area contributed by atoms with Gasteiger partial charge in [0.2, 0.25) is 0 Å². The van der Waals surface area contributed by atoms with Crippen molar-refractivity contribution in [3.8, 4) is 0 Å². The first-order chi connectivity index (χ1) is 11.1. The topological polar surface area (TPSA) is 82.5 Å². The highest BCUT2D eigenvalue weighted by Crippen LogP contribution is 2.25. The molecule has 2 atom stereocenters. The highest BCUT2D eigenvalue weighted by Gasteiger charge is 2.21. The van der Waals surface area contributed by atoms with Crippen LogP contribution in [-0.2, 0) is 0 Å². The van der Waals surface area contributed by atoms with Gasteiger partial charge < -0.3 is 15.5 Å². The summed E-state index contributed by atoms with van der Waals surface area (Å²) in [6.45, 7) is 1.20. The lowest BCUT2D eigenvalue weighted by molar-refractivity contribution is 0.0760. The Morgan fingerprint density at radius 3 is 2.09 bits per heavy atom. The number of aliphatic hydroxyl groups excluding tert-OH is 2. The number of nitrogens with one attached hydrogen (secondary N) is 1. The van der Waals surface area contributed by atoms with Crippen LogP contribution in [0, 0.1) is 0 Å². The van der Waals surface area contributed by atoms with E-state index < -0.39 is 12.1 Å². The molecule has 0 aliphatic rings. The van der Waals surface area contributed by atoms with Gasteiger partial charge in [0.1, 0.15) is 0 Å². The molecule has 0 aliphatic carbocycles. The van der Waals surface area contributed by atoms with E-state index in [4.69, 9.17) is 0 Å². The average Bonchev–Trinajstić information content (AvgIpc) is 2.56. The third-order valence-corrected chi connectivity index (χ3v) is 3.91. The van der Waals surface area contributed by atoms with E-state index in [2.05, 4.69) is 10.3 Å². The number of pyridine rings is 1. The largest absolute Gasteiger partial charge is 0.394 e. The Hall–Kier alpha value is -2.50. The average molecular weight is 310 g/mol. The van der Waals surface area contributed by atoms with Crippen molar-refractivity contribution < 1.29 is 15.0 Å². The van der Waals surface area contributed by atoms with Crippen molar-refractivity contribution in [2.75, 3.05) is 6.61 Å². The van der Waals surface area contributed by atoms with E-state index in [1.54, 1.807) is 0 Å². The monoisotopic (exact) mass is 310 g/mol. The number of aromatic nitrogens is 1. The molecule has 3 rings (SSSR count). The van der Waals surface area contributed by atoms with Crippen molar-refractivity contribution in [3.05, 3.63) is 54.1 Å². The molecule has 3 aromatic rings. The third kappa shape index (κ3) is 2.88. The van der Waals surface area contributed by atoms with Crippen molar-refractivity contribution >= 4 is 27.7 Å². The third-order valence-electron chi connectivity index (χ3n) is 3.91. The number of rotatable bonds is 4. The molecule has 1 heterocycles. The second-order valence-electron chi connectivity index (χ2n) is 5.52. The van der Waals surface area contributed by atoms with E-state index in [9.17, 15) is 15.0 Å². The van der Waals surface area contributed by atoms with E-state index in [0.717, 1.165) is 21.8 Å². The smallest absolute Gasteiger partial charge is 0.253 e. The standard InChI is InChI=1S/C18H18N2O3/c1-11(22)16(10-21)20-18(23)17-12-6-2-4-8-14(12)19-15-9-5-3-7-13(15)17/h2-9,11,16,21-22H,10H2,1H3,(H,20,23)/t11-,16+/m1/s1. The van der Waals surface area contributed by atoms with Gasteiger partial charge in [0.05, 0.1) is 35.3 Å². The summed E-state index contributed by atoms with van der Waals surface area (Å²) in [6.07, 6.45) is -0.844. The maximum atomic E-state index is 12.8. The zero-order chi connectivity index (χ0) is 16.4. The van der Waals surface area contributed by atoms with E-state index >= 15 is 0 Å². The predicted molar refractivity (Wildman–Crippen MR) is 89.3 cm³/mol. The normalized spacial score (nSPS) is 13.9. The van der Waals surface area contributed by atoms with Crippen LogP contribution < -0.4 is 5.32 Å². The van der Waals surface area contributed by atoms with Crippen LogP contribution in [0.4, 0.5) is 0 Å². The minimum absolute atomic E-state index is 0.329. The molecule has 5 heteroatoms. The molecule has 0 saturated carbocycles. The van der Waals surface area contributed by atoms with E-state index in [-0.39, 0.29) is 12.5 Å². The number of amides is 1. The fourth-order valence-electron chi connectivity index (χ4n) is 2.64. The number of para-hydroxylation sites is 2. The van der Waals surface area contributed by atoms with Crippen molar-refractivity contribution in [1.82, 2.24) is 10.3 Å². The Morgan fingerprint density at radius 2 is 1.61 bits per heavy atom. The number of nitrogens with zero attached hydrogens (tertiary/aromatic N) is 1. The Kier molecular flexibility index (Phi) is 4.23. The van der Waals surface area contributed by atoms with Crippen LogP contribution in [0.3, 0.4) is 0 Å². The molecule has 2 aromatic carbocycles. The van der Waals surface area contributed by atoms with E-state index in [1.165, 1.54) is 6.92 Å². The summed E-state index contributed by atoms with van der Waals surface area (Å²) in [5.41, 5.74) is 1.97. The molecular formula is C18H18N2O3. The molecule has 0 saturated heterocycles. The lowest BCUT2D eigenvalue weighted by Gasteiger charge is -2.20. The first kappa shape index (κ1) is 15.4. The Balaban J connectivity index is 2.18. The summed E-state index contributed by atoms with van der Waals surface area (Å²) in [5.74, 6) is -0.334. The molecule has 0 fully saturated rings. The fourth-order valence-corrected chi connectivity index (χ4v) is 2.64. The van der Waals surface area contributed by atoms with Crippen molar-refractivity contribution in [2.45, 2.75) is 19.1 Å². The highest BCUT2D eigenvalue weighted by molar-refractivity contribution is 6.16. The molecule has 0 unspecified atom stereocenters. The molecule has 0 bridgehead atoms. The van der Waals surface area contributed by atoms with Crippen LogP contribution in [0.5, 0.6) is 0 Å². The molecule has 1 amide bonds. The van der Waals surface area contributed by atoms with Gasteiger partial charge in [-0.25, -0.2) is 4.98 Å². The highest BCUT2D eigenvalue weighted by atomic mass is 16.3. The molecule has 118 valence electrons. The number of hydrogen-bond donors (Lipinski definition) is 3. The number of carbonyl (C=O) groups excluding carboxylic acids is 1. The van der Waals surface area contributed by atoms with Crippen molar-refractivity contribution in [3.63, 3.8) is 0 Å². The summed E-state index contributed by atoms with van der Waals surface area (Å²) in [5, 5.41) is 23.2. The Bertz CT molecular complexity index is 807. The maximum Gasteiger partial charge on any atom is 0.253 e. The predicted octanol–water partition coefficient (Wildman–Crippen LogP) is 1.86. The van der Waals surface area contributed by atoms with Gasteiger partial charge in [-0.05, 0) is 19.1 Å². The zero-order valence-corrected chi connectivity index (χ0v) is 12.7. The quantitative estimate of drug-likeness (QED) is 0.642. The number of carbonyl (C=O) groups is 1. The molecular weight excluding hydrogens is 292 g/mol. The van der Waals surface area contributed by atoms with Crippen LogP contribution in [0.1, 0.15) is 17.3 Å². The van der Waals surface area contributed by atoms with Gasteiger partial charge in [0.15, 0.2) is 0 Å². The summed E-state index contributed by atoms with van der Waals surface area (Å²) in [6, 6.07) is 14.2. The second kappa shape index (κ2) is 6.32. The van der Waals surface area contributed by atoms with Gasteiger partial charge in [0.25, 0.3) is 5.91 Å². The van der Waals surface area contributed by atoms with Crippen LogP contribution in [0.2, 0.25) is 0 Å². The van der Waals surface area contributed by atoms with Gasteiger partial charge in [0, 0.05) is 10.8 Å². The summed E-state index contributed by atoms with van der Waals surface area (Å²) < 4.78 is 0. The first-order valence-corrected chi connectivity index (χ1v) is 7.49. The Labute approximate surface area is 133 Å². The van der Waals surface area contributed by atoms with Gasteiger partial charge in [-0.15, -0.1) is 0 Å². The van der Waals surface area contributed by atoms with Crippen molar-refractivity contribution in [1.29, 1.82) is 0 Å². The van der Waals surface area contributed by atoms with E-state index in [1.807, 2.05) is 48.5 Å². The molecule has 1 aromatic heterocycles. The van der Waals surface area contributed by atoms with Crippen LogP contribution in [0.15, 0.2) is 48.5 Å². The summed E-state index contributed by atoms with van der Waals surface area (Å²) in [7, 11) is 0. The second-order valence-corrected chi connectivity index (χ2v) is 5.52. The van der Waals surface area contributed by atoms with Gasteiger partial charge in [-0.1, -0.05) is 36.4 Å². The Morgan fingerprint density at radius 1 is 1.09 bits per heavy atom. The first-order valence-electron chi connectivity index (χ1n) is 7.49. The lowest BCUT2D eigenvalue weighted by Crippen LogP contribution is -2.44. The molecule has 3 N–H and O–H groups in total. The number of benzene rings is 2. The molecule has 5 nitrogen and oxygen atoms in total. The number of aliphatic hydroxyl groups is 2. The van der Waals surface area contributed by atoms with Gasteiger partial charge >= 0.3 is 0 Å². The van der Waals surface area contributed by atoms with E-state index in [0.29, 0.717) is 5.56 Å². The maximum absolute atomic E-state index is 12.8. The van der Waals surface area contributed by atoms with Gasteiger partial charge in [-0.2, -0.15) is 0 Å². The number of hydrogen-bond acceptors (Lipinski definition) is 4. The summed E-state index contributed by atoms with van der Waals surface area (Å²) >= 11 is 0. The van der Waals surface area contributed by atoms with Crippen molar-refractivity contribution in [2.24, 2.45) is 0 Å². The molecule has 23 heavy (non-hydrogen) atoms. The SMILES string of the molecule is C[C@@H](O)[C@H](CO)NC(=O)c1c2ccccc2nc2ccccc12. The lowest BCUT2D eigenvalue weighted by atomic mass is 10.0. The van der Waals surface area contributed by atoms with Crippen LogP contribution >= 0.6 is 0 Å². The molecule has 0 spiro atoms. The fraction of sp³-hybridized carbons (Fsp3) is 0.222. The minimum Gasteiger partial charge on any atom is -0.394 e. The van der Waals surface area contributed by atoms with Gasteiger partial charge in [-0.3, -0.25) is 4.79 Å².